The molecule has 0 aromatic heterocycles. The minimum Gasteiger partial charge on any atom is -0.497 e. The van der Waals surface area contributed by atoms with Gasteiger partial charge >= 0.3 is 0 Å². The van der Waals surface area contributed by atoms with Gasteiger partial charge in [-0.15, -0.1) is 0 Å². The number of nitrogens with zero attached hydrogens (tertiary/aromatic N) is 1. The fourth-order valence-electron chi connectivity index (χ4n) is 2.93. The molecule has 1 aromatic carbocycles. The lowest BCUT2D eigenvalue weighted by atomic mass is 9.99. The first-order valence-electron chi connectivity index (χ1n) is 7.24. The Morgan fingerprint density at radius 1 is 1.16 bits per heavy atom. The Morgan fingerprint density at radius 2 is 1.89 bits per heavy atom. The Balaban J connectivity index is 1.87. The highest BCUT2D eigenvalue weighted by Gasteiger charge is 2.25. The molecular formula is C17H21NO. The van der Waals surface area contributed by atoms with Gasteiger partial charge in [0.25, 0.3) is 0 Å². The molecule has 0 N–H and O–H groups in total. The number of allylic oxidation sites excluding steroid dienone is 2. The second-order valence-corrected chi connectivity index (χ2v) is 5.15. The van der Waals surface area contributed by atoms with Crippen molar-refractivity contribution in [1.29, 1.82) is 0 Å². The lowest BCUT2D eigenvalue weighted by Gasteiger charge is -2.16. The Bertz CT molecular complexity index is 483. The fourth-order valence-corrected chi connectivity index (χ4v) is 2.93. The molecule has 0 saturated carbocycles. The summed E-state index contributed by atoms with van der Waals surface area (Å²) in [6.45, 7) is 5.15. The lowest BCUT2D eigenvalue weighted by Crippen LogP contribution is -2.16. The van der Waals surface area contributed by atoms with E-state index in [-0.39, 0.29) is 5.92 Å². The fraction of sp³-hybridized carbons (Fsp3) is 0.412. The molecule has 1 aliphatic heterocycles. The van der Waals surface area contributed by atoms with Crippen molar-refractivity contribution in [2.75, 3.05) is 19.7 Å². The van der Waals surface area contributed by atoms with E-state index in [0.29, 0.717) is 0 Å². The van der Waals surface area contributed by atoms with Gasteiger partial charge < -0.3 is 9.64 Å². The predicted octanol–water partition coefficient (Wildman–Crippen LogP) is 3.68. The molecule has 3 rings (SSSR count). The molecule has 2 nitrogen and oxygen atoms in total. The van der Waals surface area contributed by atoms with Crippen LogP contribution in [0, 0.1) is 0 Å². The molecule has 2 heteroatoms. The van der Waals surface area contributed by atoms with E-state index in [4.69, 9.17) is 4.74 Å². The van der Waals surface area contributed by atoms with Gasteiger partial charge in [-0.05, 0) is 37.5 Å². The molecule has 1 heterocycles. The second-order valence-electron chi connectivity index (χ2n) is 5.15. The van der Waals surface area contributed by atoms with Crippen LogP contribution in [0.1, 0.15) is 31.2 Å². The first-order chi connectivity index (χ1) is 9.38. The van der Waals surface area contributed by atoms with Crippen molar-refractivity contribution >= 4 is 0 Å². The smallest absolute Gasteiger partial charge is 0.109 e. The minimum atomic E-state index is 0.289. The summed E-state index contributed by atoms with van der Waals surface area (Å²) in [5.41, 5.74) is 2.66. The van der Waals surface area contributed by atoms with Crippen LogP contribution < -0.4 is 0 Å². The van der Waals surface area contributed by atoms with Crippen LogP contribution in [-0.2, 0) is 4.74 Å². The second kappa shape index (κ2) is 5.52. The molecule has 0 radical (unpaired) electrons. The van der Waals surface area contributed by atoms with Gasteiger partial charge in [0.1, 0.15) is 5.76 Å². The highest BCUT2D eigenvalue weighted by atomic mass is 16.5. The largest absolute Gasteiger partial charge is 0.497 e. The average molecular weight is 255 g/mol. The maximum absolute atomic E-state index is 5.84. The molecule has 1 unspecified atom stereocenters. The zero-order valence-electron chi connectivity index (χ0n) is 11.5. The highest BCUT2D eigenvalue weighted by molar-refractivity contribution is 5.42. The van der Waals surface area contributed by atoms with Crippen LogP contribution in [0.15, 0.2) is 53.9 Å². The first-order valence-corrected chi connectivity index (χ1v) is 7.24. The number of benzene rings is 1. The molecule has 1 aromatic rings. The average Bonchev–Trinajstić information content (AvgIpc) is 3.08. The molecular weight excluding hydrogens is 234 g/mol. The van der Waals surface area contributed by atoms with Gasteiger partial charge in [0.05, 0.1) is 12.5 Å². The number of ether oxygens (including phenoxy) is 1. The first kappa shape index (κ1) is 12.3. The lowest BCUT2D eigenvalue weighted by molar-refractivity contribution is 0.218. The van der Waals surface area contributed by atoms with Gasteiger partial charge in [-0.1, -0.05) is 30.3 Å². The van der Waals surface area contributed by atoms with Crippen LogP contribution in [0.25, 0.3) is 0 Å². The van der Waals surface area contributed by atoms with Crippen molar-refractivity contribution in [3.05, 3.63) is 59.5 Å². The molecule has 1 atom stereocenters. The molecule has 0 bridgehead atoms. The minimum absolute atomic E-state index is 0.289. The van der Waals surface area contributed by atoms with Crippen molar-refractivity contribution in [3.8, 4) is 0 Å². The van der Waals surface area contributed by atoms with Crippen LogP contribution in [0.3, 0.4) is 0 Å². The van der Waals surface area contributed by atoms with Crippen molar-refractivity contribution in [2.45, 2.75) is 25.7 Å². The molecule has 19 heavy (non-hydrogen) atoms. The number of hydrogen-bond donors (Lipinski definition) is 0. The van der Waals surface area contributed by atoms with Crippen molar-refractivity contribution in [3.63, 3.8) is 0 Å². The monoisotopic (exact) mass is 255 g/mol. The molecule has 1 saturated heterocycles. The number of rotatable bonds is 4. The number of likely N-dealkylation sites (tertiary alicyclic amines) is 1. The third kappa shape index (κ3) is 2.53. The Kier molecular flexibility index (Phi) is 3.58. The van der Waals surface area contributed by atoms with Gasteiger partial charge in [0.15, 0.2) is 0 Å². The van der Waals surface area contributed by atoms with Crippen LogP contribution in [0.4, 0.5) is 0 Å². The molecule has 1 fully saturated rings. The van der Waals surface area contributed by atoms with Gasteiger partial charge in [0, 0.05) is 18.8 Å². The zero-order chi connectivity index (χ0) is 13.1. The standard InChI is InChI=1S/C17H21NO/c1-2-19-17-13-15(18-10-6-7-11-18)12-16(17)14-8-4-3-5-9-14/h3-5,8-9,12-13,16H,2,6-7,10-11H2,1H3. The van der Waals surface area contributed by atoms with Gasteiger partial charge in [-0.25, -0.2) is 0 Å². The van der Waals surface area contributed by atoms with E-state index in [1.807, 2.05) is 0 Å². The topological polar surface area (TPSA) is 12.5 Å². The van der Waals surface area contributed by atoms with E-state index >= 15 is 0 Å². The van der Waals surface area contributed by atoms with E-state index in [2.05, 4.69) is 54.3 Å². The molecule has 0 amide bonds. The Morgan fingerprint density at radius 3 is 2.58 bits per heavy atom. The summed E-state index contributed by atoms with van der Waals surface area (Å²) in [7, 11) is 0. The summed E-state index contributed by atoms with van der Waals surface area (Å²) in [5.74, 6) is 1.38. The van der Waals surface area contributed by atoms with Gasteiger partial charge in [0.2, 0.25) is 0 Å². The van der Waals surface area contributed by atoms with Gasteiger partial charge in [-0.3, -0.25) is 0 Å². The summed E-state index contributed by atoms with van der Waals surface area (Å²) in [5, 5.41) is 0. The van der Waals surface area contributed by atoms with E-state index in [9.17, 15) is 0 Å². The maximum Gasteiger partial charge on any atom is 0.109 e. The molecule has 2 aliphatic rings. The molecule has 0 spiro atoms. The highest BCUT2D eigenvalue weighted by Crippen LogP contribution is 2.36. The van der Waals surface area contributed by atoms with E-state index in [0.717, 1.165) is 12.4 Å². The maximum atomic E-state index is 5.84. The third-order valence-corrected chi connectivity index (χ3v) is 3.87. The predicted molar refractivity (Wildman–Crippen MR) is 77.8 cm³/mol. The Labute approximate surface area is 115 Å². The summed E-state index contributed by atoms with van der Waals surface area (Å²) in [4.78, 5) is 2.47. The quantitative estimate of drug-likeness (QED) is 0.813. The summed E-state index contributed by atoms with van der Waals surface area (Å²) in [6, 6.07) is 10.6. The summed E-state index contributed by atoms with van der Waals surface area (Å²) < 4.78 is 5.84. The summed E-state index contributed by atoms with van der Waals surface area (Å²) in [6.07, 6.45) is 7.20. The van der Waals surface area contributed by atoms with Crippen LogP contribution in [-0.4, -0.2) is 24.6 Å². The van der Waals surface area contributed by atoms with Crippen molar-refractivity contribution in [2.24, 2.45) is 0 Å². The SMILES string of the molecule is CCOC1=CC(N2CCCC2)=CC1c1ccccc1. The molecule has 1 aliphatic carbocycles. The zero-order valence-corrected chi connectivity index (χ0v) is 11.5. The normalized spacial score (nSPS) is 22.4. The number of hydrogen-bond acceptors (Lipinski definition) is 2. The summed E-state index contributed by atoms with van der Waals surface area (Å²) >= 11 is 0. The van der Waals surface area contributed by atoms with E-state index < -0.39 is 0 Å². The van der Waals surface area contributed by atoms with E-state index in [1.165, 1.54) is 37.2 Å². The van der Waals surface area contributed by atoms with E-state index in [1.54, 1.807) is 0 Å². The molecule has 100 valence electrons. The Hall–Kier alpha value is -1.70. The third-order valence-electron chi connectivity index (χ3n) is 3.87. The van der Waals surface area contributed by atoms with Crippen molar-refractivity contribution in [1.82, 2.24) is 4.90 Å². The van der Waals surface area contributed by atoms with Crippen LogP contribution >= 0.6 is 0 Å². The van der Waals surface area contributed by atoms with Gasteiger partial charge in [-0.2, -0.15) is 0 Å². The van der Waals surface area contributed by atoms with Crippen LogP contribution in [0.5, 0.6) is 0 Å². The van der Waals surface area contributed by atoms with Crippen LogP contribution in [0.2, 0.25) is 0 Å². The van der Waals surface area contributed by atoms with Crippen molar-refractivity contribution < 1.29 is 4.74 Å².